The van der Waals surface area contributed by atoms with Crippen LogP contribution in [0.25, 0.3) is 0 Å². The summed E-state index contributed by atoms with van der Waals surface area (Å²) < 4.78 is 0. The summed E-state index contributed by atoms with van der Waals surface area (Å²) in [5.41, 5.74) is 0.584. The largest absolute Gasteiger partial charge is 0.0683 e. The van der Waals surface area contributed by atoms with Crippen LogP contribution in [0, 0.1) is 11.3 Å². The van der Waals surface area contributed by atoms with E-state index in [4.69, 9.17) is 0 Å². The molecule has 0 heteroatoms. The Labute approximate surface area is 92.5 Å². The Morgan fingerprint density at radius 2 is 1.50 bits per heavy atom. The summed E-state index contributed by atoms with van der Waals surface area (Å²) in [4.78, 5) is 0. The van der Waals surface area contributed by atoms with Crippen molar-refractivity contribution in [3.8, 4) is 0 Å². The fourth-order valence-electron chi connectivity index (χ4n) is 1.46. The van der Waals surface area contributed by atoms with E-state index >= 15 is 0 Å². The zero-order valence-corrected chi connectivity index (χ0v) is 11.6. The summed E-state index contributed by atoms with van der Waals surface area (Å²) in [5.74, 6) is 0.867. The molecule has 0 aromatic carbocycles. The monoisotopic (exact) mass is 200 g/mol. The third kappa shape index (κ3) is 12.0. The fourth-order valence-corrected chi connectivity index (χ4v) is 1.46. The highest BCUT2D eigenvalue weighted by molar-refractivity contribution is 4.68. The summed E-state index contributed by atoms with van der Waals surface area (Å²) in [6, 6.07) is 0. The molecular weight excluding hydrogens is 168 g/mol. The molecule has 0 heterocycles. The maximum atomic E-state index is 2.41. The van der Waals surface area contributed by atoms with Crippen LogP contribution in [-0.2, 0) is 0 Å². The molecule has 88 valence electrons. The summed E-state index contributed by atoms with van der Waals surface area (Å²) in [6.07, 6.45) is 6.91. The van der Waals surface area contributed by atoms with Crippen molar-refractivity contribution in [2.75, 3.05) is 0 Å². The first-order chi connectivity index (χ1) is 6.48. The molecule has 0 fully saturated rings. The minimum absolute atomic E-state index is 0.584. The third-order valence-corrected chi connectivity index (χ3v) is 2.61. The second-order valence-corrected chi connectivity index (χ2v) is 5.20. The van der Waals surface area contributed by atoms with Crippen LogP contribution >= 0.6 is 0 Å². The molecule has 0 aromatic rings. The van der Waals surface area contributed by atoms with Gasteiger partial charge in [0.15, 0.2) is 0 Å². The highest BCUT2D eigenvalue weighted by Crippen LogP contribution is 2.30. The van der Waals surface area contributed by atoms with Gasteiger partial charge in [-0.1, -0.05) is 67.7 Å². The van der Waals surface area contributed by atoms with E-state index in [1.165, 1.54) is 32.1 Å². The second kappa shape index (κ2) is 9.55. The van der Waals surface area contributed by atoms with Crippen molar-refractivity contribution in [2.45, 2.75) is 80.6 Å². The Bertz CT molecular complexity index is 101. The van der Waals surface area contributed by atoms with E-state index in [0.29, 0.717) is 5.41 Å². The molecule has 0 rings (SSSR count). The SMILES string of the molecule is CC.CCCCC(C)(C)CCC(C)C. The molecule has 0 saturated heterocycles. The average Bonchev–Trinajstić information content (AvgIpc) is 2.15. The van der Waals surface area contributed by atoms with Gasteiger partial charge in [0.05, 0.1) is 0 Å². The molecule has 14 heavy (non-hydrogen) atoms. The van der Waals surface area contributed by atoms with Crippen molar-refractivity contribution in [3.05, 3.63) is 0 Å². The van der Waals surface area contributed by atoms with Gasteiger partial charge in [0.1, 0.15) is 0 Å². The van der Waals surface area contributed by atoms with E-state index < -0.39 is 0 Å². The second-order valence-electron chi connectivity index (χ2n) is 5.20. The van der Waals surface area contributed by atoms with Gasteiger partial charge in [-0.2, -0.15) is 0 Å². The van der Waals surface area contributed by atoms with E-state index in [-0.39, 0.29) is 0 Å². The molecule has 0 nitrogen and oxygen atoms in total. The first kappa shape index (κ1) is 16.4. The lowest BCUT2D eigenvalue weighted by Crippen LogP contribution is -2.12. The van der Waals surface area contributed by atoms with E-state index in [9.17, 15) is 0 Å². The molecule has 0 atom stereocenters. The van der Waals surface area contributed by atoms with Gasteiger partial charge in [0.25, 0.3) is 0 Å². The maximum Gasteiger partial charge on any atom is -0.0354 e. The Hall–Kier alpha value is 0. The number of hydrogen-bond donors (Lipinski definition) is 0. The molecule has 0 amide bonds. The van der Waals surface area contributed by atoms with Crippen LogP contribution in [0.15, 0.2) is 0 Å². The van der Waals surface area contributed by atoms with Crippen molar-refractivity contribution < 1.29 is 0 Å². The van der Waals surface area contributed by atoms with Gasteiger partial charge in [-0.25, -0.2) is 0 Å². The van der Waals surface area contributed by atoms with Gasteiger partial charge < -0.3 is 0 Å². The molecule has 0 aliphatic heterocycles. The standard InChI is InChI=1S/C12H26.C2H6/c1-6-7-9-12(4,5)10-8-11(2)3;1-2/h11H,6-10H2,1-5H3;1-2H3. The highest BCUT2D eigenvalue weighted by atomic mass is 14.2. The van der Waals surface area contributed by atoms with Crippen LogP contribution in [0.1, 0.15) is 80.6 Å². The zero-order valence-electron chi connectivity index (χ0n) is 11.6. The highest BCUT2D eigenvalue weighted by Gasteiger charge is 2.16. The van der Waals surface area contributed by atoms with Crippen LogP contribution < -0.4 is 0 Å². The van der Waals surface area contributed by atoms with Gasteiger partial charge in [-0.15, -0.1) is 0 Å². The quantitative estimate of drug-likeness (QED) is 0.518. The normalized spacial score (nSPS) is 11.1. The molecular formula is C14H32. The maximum absolute atomic E-state index is 2.41. The van der Waals surface area contributed by atoms with Crippen molar-refractivity contribution >= 4 is 0 Å². The third-order valence-electron chi connectivity index (χ3n) is 2.61. The van der Waals surface area contributed by atoms with Crippen LogP contribution in [0.2, 0.25) is 0 Å². The number of unbranched alkanes of at least 4 members (excludes halogenated alkanes) is 1. The van der Waals surface area contributed by atoms with E-state index in [1.807, 2.05) is 13.8 Å². The van der Waals surface area contributed by atoms with E-state index in [1.54, 1.807) is 0 Å². The molecule has 0 aromatic heterocycles. The Kier molecular flexibility index (Phi) is 11.2. The molecule has 0 unspecified atom stereocenters. The lowest BCUT2D eigenvalue weighted by molar-refractivity contribution is 0.274. The first-order valence-corrected chi connectivity index (χ1v) is 6.48. The Balaban J connectivity index is 0. The lowest BCUT2D eigenvalue weighted by atomic mass is 9.81. The van der Waals surface area contributed by atoms with Gasteiger partial charge in [-0.3, -0.25) is 0 Å². The minimum atomic E-state index is 0.584. The molecule has 0 bridgehead atoms. The van der Waals surface area contributed by atoms with E-state index in [0.717, 1.165) is 5.92 Å². The van der Waals surface area contributed by atoms with Crippen LogP contribution in [0.3, 0.4) is 0 Å². The van der Waals surface area contributed by atoms with Crippen LogP contribution in [-0.4, -0.2) is 0 Å². The predicted molar refractivity (Wildman–Crippen MR) is 68.7 cm³/mol. The topological polar surface area (TPSA) is 0 Å². The molecule has 0 radical (unpaired) electrons. The summed E-state index contributed by atoms with van der Waals surface area (Å²) in [7, 11) is 0. The zero-order chi connectivity index (χ0) is 11.6. The molecule has 0 aliphatic rings. The van der Waals surface area contributed by atoms with Crippen LogP contribution in [0.4, 0.5) is 0 Å². The summed E-state index contributed by atoms with van der Waals surface area (Å²) >= 11 is 0. The van der Waals surface area contributed by atoms with Crippen molar-refractivity contribution in [1.29, 1.82) is 0 Å². The molecule has 0 spiro atoms. The number of hydrogen-bond acceptors (Lipinski definition) is 0. The molecule has 0 saturated carbocycles. The van der Waals surface area contributed by atoms with Gasteiger partial charge >= 0.3 is 0 Å². The molecule has 0 aliphatic carbocycles. The average molecular weight is 200 g/mol. The summed E-state index contributed by atoms with van der Waals surface area (Å²) in [5, 5.41) is 0. The van der Waals surface area contributed by atoms with Gasteiger partial charge in [-0.05, 0) is 24.2 Å². The van der Waals surface area contributed by atoms with Gasteiger partial charge in [0.2, 0.25) is 0 Å². The first-order valence-electron chi connectivity index (χ1n) is 6.48. The predicted octanol–water partition coefficient (Wildman–Crippen LogP) is 5.67. The van der Waals surface area contributed by atoms with Gasteiger partial charge in [0, 0.05) is 0 Å². The Morgan fingerprint density at radius 1 is 1.00 bits per heavy atom. The molecule has 0 N–H and O–H groups in total. The lowest BCUT2D eigenvalue weighted by Gasteiger charge is -2.25. The summed E-state index contributed by atoms with van der Waals surface area (Å²) in [6.45, 7) is 15.7. The van der Waals surface area contributed by atoms with Crippen molar-refractivity contribution in [3.63, 3.8) is 0 Å². The van der Waals surface area contributed by atoms with Crippen molar-refractivity contribution in [2.24, 2.45) is 11.3 Å². The smallest absolute Gasteiger partial charge is 0.0354 e. The van der Waals surface area contributed by atoms with Crippen LogP contribution in [0.5, 0.6) is 0 Å². The minimum Gasteiger partial charge on any atom is -0.0683 e. The Morgan fingerprint density at radius 3 is 1.86 bits per heavy atom. The fraction of sp³-hybridized carbons (Fsp3) is 1.00. The van der Waals surface area contributed by atoms with Crippen molar-refractivity contribution in [1.82, 2.24) is 0 Å². The van der Waals surface area contributed by atoms with E-state index in [2.05, 4.69) is 34.6 Å². The number of rotatable bonds is 6.